The summed E-state index contributed by atoms with van der Waals surface area (Å²) in [4.78, 5) is 12.1. The molecule has 0 aromatic heterocycles. The number of sulfone groups is 1. The van der Waals surface area contributed by atoms with Gasteiger partial charge in [-0.25, -0.2) is 16.8 Å². The van der Waals surface area contributed by atoms with Crippen molar-refractivity contribution in [2.75, 3.05) is 31.4 Å². The van der Waals surface area contributed by atoms with Crippen molar-refractivity contribution in [1.29, 1.82) is 0 Å². The molecule has 8 nitrogen and oxygen atoms in total. The molecule has 1 unspecified atom stereocenters. The van der Waals surface area contributed by atoms with Crippen LogP contribution in [0.1, 0.15) is 12.0 Å². The number of hydrogen-bond acceptors (Lipinski definition) is 6. The van der Waals surface area contributed by atoms with E-state index in [4.69, 9.17) is 4.74 Å². The molecular weight excluding hydrogens is 368 g/mol. The third-order valence-electron chi connectivity index (χ3n) is 3.90. The minimum Gasteiger partial charge on any atom is -0.497 e. The maximum Gasteiger partial charge on any atom is 0.235 e. The first-order valence-electron chi connectivity index (χ1n) is 7.67. The molecule has 0 aliphatic carbocycles. The monoisotopic (exact) mass is 390 g/mol. The largest absolute Gasteiger partial charge is 0.497 e. The van der Waals surface area contributed by atoms with Crippen LogP contribution in [0.5, 0.6) is 5.75 Å². The number of carbonyl (C=O) groups excluding carboxylic acids is 1. The van der Waals surface area contributed by atoms with Gasteiger partial charge in [0.05, 0.1) is 31.4 Å². The lowest BCUT2D eigenvalue weighted by molar-refractivity contribution is -0.121. The van der Waals surface area contributed by atoms with E-state index in [-0.39, 0.29) is 24.6 Å². The lowest BCUT2D eigenvalue weighted by atomic mass is 10.2. The fraction of sp³-hybridized carbons (Fsp3) is 0.533. The Morgan fingerprint density at radius 3 is 2.44 bits per heavy atom. The molecule has 1 saturated heterocycles. The van der Waals surface area contributed by atoms with Crippen LogP contribution in [0.2, 0.25) is 0 Å². The number of carbonyl (C=O) groups is 1. The second-order valence-corrected chi connectivity index (χ2v) is 10.3. The minimum absolute atomic E-state index is 0.0409. The van der Waals surface area contributed by atoms with Crippen molar-refractivity contribution in [3.05, 3.63) is 29.8 Å². The molecule has 1 atom stereocenters. The lowest BCUT2D eigenvalue weighted by Gasteiger charge is -2.21. The maximum absolute atomic E-state index is 12.1. The van der Waals surface area contributed by atoms with Crippen molar-refractivity contribution in [1.82, 2.24) is 9.62 Å². The van der Waals surface area contributed by atoms with Gasteiger partial charge in [0.15, 0.2) is 9.84 Å². The van der Waals surface area contributed by atoms with Gasteiger partial charge in [0.2, 0.25) is 15.9 Å². The molecule has 1 heterocycles. The summed E-state index contributed by atoms with van der Waals surface area (Å²) >= 11 is 0. The van der Waals surface area contributed by atoms with Crippen molar-refractivity contribution in [3.63, 3.8) is 0 Å². The zero-order valence-electron chi connectivity index (χ0n) is 14.1. The molecule has 0 spiro atoms. The number of methoxy groups -OCH3 is 1. The minimum atomic E-state index is -3.61. The van der Waals surface area contributed by atoms with E-state index in [1.54, 1.807) is 24.3 Å². The summed E-state index contributed by atoms with van der Waals surface area (Å²) in [5.41, 5.74) is 0.711. The predicted octanol–water partition coefficient (Wildman–Crippen LogP) is -0.240. The first-order chi connectivity index (χ1) is 11.6. The van der Waals surface area contributed by atoms with Gasteiger partial charge in [0.25, 0.3) is 0 Å². The second-order valence-electron chi connectivity index (χ2n) is 6.05. The maximum atomic E-state index is 12.1. The van der Waals surface area contributed by atoms with E-state index in [9.17, 15) is 21.6 Å². The molecular formula is C15H22N2O6S2. The van der Waals surface area contributed by atoms with Crippen molar-refractivity contribution >= 4 is 25.8 Å². The van der Waals surface area contributed by atoms with E-state index in [0.29, 0.717) is 17.7 Å². The molecule has 140 valence electrons. The van der Waals surface area contributed by atoms with Gasteiger partial charge in [-0.15, -0.1) is 0 Å². The van der Waals surface area contributed by atoms with Gasteiger partial charge < -0.3 is 10.1 Å². The summed E-state index contributed by atoms with van der Waals surface area (Å²) in [6, 6.07) is 6.40. The quantitative estimate of drug-likeness (QED) is 0.688. The fourth-order valence-corrected chi connectivity index (χ4v) is 4.98. The molecule has 1 aromatic rings. The van der Waals surface area contributed by atoms with E-state index in [0.717, 1.165) is 10.6 Å². The summed E-state index contributed by atoms with van der Waals surface area (Å²) in [6.45, 7) is -0.319. The van der Waals surface area contributed by atoms with Gasteiger partial charge in [-0.05, 0) is 24.1 Å². The van der Waals surface area contributed by atoms with E-state index in [1.165, 1.54) is 7.11 Å². The van der Waals surface area contributed by atoms with Gasteiger partial charge in [0, 0.05) is 12.6 Å². The highest BCUT2D eigenvalue weighted by Gasteiger charge is 2.30. The molecule has 0 saturated carbocycles. The standard InChI is InChI=1S/C15H22N2O6S2/c1-23-14-5-3-12(4-6-14)9-17(24(2,19)20)10-15(18)16-13-7-8-25(21,22)11-13/h3-6,13H,7-11H2,1-2H3,(H,16,18). The Hall–Kier alpha value is -1.65. The Balaban J connectivity index is 2.01. The van der Waals surface area contributed by atoms with E-state index in [2.05, 4.69) is 5.32 Å². The van der Waals surface area contributed by atoms with Gasteiger partial charge in [0.1, 0.15) is 5.75 Å². The Labute approximate surface area is 148 Å². The number of benzene rings is 1. The normalized spacial score (nSPS) is 19.7. The summed E-state index contributed by atoms with van der Waals surface area (Å²) in [5.74, 6) is 0.0752. The molecule has 1 aliphatic rings. The van der Waals surface area contributed by atoms with Gasteiger partial charge in [-0.1, -0.05) is 12.1 Å². The van der Waals surface area contributed by atoms with Gasteiger partial charge >= 0.3 is 0 Å². The Bertz CT molecular complexity index is 818. The van der Waals surface area contributed by atoms with Crippen molar-refractivity contribution < 1.29 is 26.4 Å². The van der Waals surface area contributed by atoms with Crippen LogP contribution in [0.4, 0.5) is 0 Å². The molecule has 1 amide bonds. The molecule has 0 bridgehead atoms. The summed E-state index contributed by atoms with van der Waals surface area (Å²) in [6.07, 6.45) is 1.38. The summed E-state index contributed by atoms with van der Waals surface area (Å²) in [7, 11) is -5.19. The number of hydrogen-bond donors (Lipinski definition) is 1. The highest BCUT2D eigenvalue weighted by atomic mass is 32.2. The number of sulfonamides is 1. The van der Waals surface area contributed by atoms with Crippen LogP contribution in [0, 0.1) is 0 Å². The molecule has 1 aliphatic heterocycles. The molecule has 25 heavy (non-hydrogen) atoms. The average molecular weight is 390 g/mol. The van der Waals surface area contributed by atoms with Crippen LogP contribution < -0.4 is 10.1 Å². The SMILES string of the molecule is COc1ccc(CN(CC(=O)NC2CCS(=O)(=O)C2)S(C)(=O)=O)cc1. The lowest BCUT2D eigenvalue weighted by Crippen LogP contribution is -2.44. The van der Waals surface area contributed by atoms with E-state index < -0.39 is 31.8 Å². The molecule has 1 fully saturated rings. The number of amides is 1. The molecule has 0 radical (unpaired) electrons. The number of rotatable bonds is 7. The molecule has 10 heteroatoms. The summed E-state index contributed by atoms with van der Waals surface area (Å²) in [5, 5.41) is 2.60. The van der Waals surface area contributed by atoms with Crippen LogP contribution >= 0.6 is 0 Å². The molecule has 1 aromatic carbocycles. The molecule has 2 rings (SSSR count). The van der Waals surface area contributed by atoms with Crippen LogP contribution in [0.25, 0.3) is 0 Å². The Morgan fingerprint density at radius 1 is 1.32 bits per heavy atom. The highest BCUT2D eigenvalue weighted by Crippen LogP contribution is 2.15. The smallest absolute Gasteiger partial charge is 0.235 e. The van der Waals surface area contributed by atoms with E-state index in [1.807, 2.05) is 0 Å². The average Bonchev–Trinajstić information content (AvgIpc) is 2.85. The van der Waals surface area contributed by atoms with Gasteiger partial charge in [-0.2, -0.15) is 4.31 Å². The zero-order valence-corrected chi connectivity index (χ0v) is 15.8. The summed E-state index contributed by atoms with van der Waals surface area (Å²) < 4.78 is 52.9. The van der Waals surface area contributed by atoms with Crippen LogP contribution in [-0.4, -0.2) is 64.5 Å². The molecule has 1 N–H and O–H groups in total. The topological polar surface area (TPSA) is 110 Å². The van der Waals surface area contributed by atoms with Gasteiger partial charge in [-0.3, -0.25) is 4.79 Å². The van der Waals surface area contributed by atoms with Crippen molar-refractivity contribution in [2.45, 2.75) is 19.0 Å². The van der Waals surface area contributed by atoms with E-state index >= 15 is 0 Å². The number of nitrogens with zero attached hydrogens (tertiary/aromatic N) is 1. The Kier molecular flexibility index (Phi) is 6.07. The van der Waals surface area contributed by atoms with Crippen molar-refractivity contribution in [2.24, 2.45) is 0 Å². The van der Waals surface area contributed by atoms with Crippen molar-refractivity contribution in [3.8, 4) is 5.75 Å². The van der Waals surface area contributed by atoms with Crippen LogP contribution in [0.15, 0.2) is 24.3 Å². The number of ether oxygens (including phenoxy) is 1. The third-order valence-corrected chi connectivity index (χ3v) is 6.87. The zero-order chi connectivity index (χ0) is 18.7. The first kappa shape index (κ1) is 19.7. The van der Waals surface area contributed by atoms with Crippen LogP contribution in [-0.2, 0) is 31.2 Å². The Morgan fingerprint density at radius 2 is 1.96 bits per heavy atom. The number of nitrogens with one attached hydrogen (secondary N) is 1. The highest BCUT2D eigenvalue weighted by molar-refractivity contribution is 7.91. The predicted molar refractivity (Wildman–Crippen MR) is 93.4 cm³/mol. The second kappa shape index (κ2) is 7.71. The third kappa shape index (κ3) is 5.98. The first-order valence-corrected chi connectivity index (χ1v) is 11.3. The van der Waals surface area contributed by atoms with Crippen LogP contribution in [0.3, 0.4) is 0 Å². The fourth-order valence-electron chi connectivity index (χ4n) is 2.57.